The molecule has 1 unspecified atom stereocenters. The van der Waals surface area contributed by atoms with E-state index in [1.165, 1.54) is 11.6 Å². The Balaban J connectivity index is 2.29. The van der Waals surface area contributed by atoms with E-state index in [0.717, 1.165) is 15.5 Å². The van der Waals surface area contributed by atoms with Crippen molar-refractivity contribution in [2.45, 2.75) is 18.3 Å². The highest BCUT2D eigenvalue weighted by Crippen LogP contribution is 2.30. The van der Waals surface area contributed by atoms with Crippen molar-refractivity contribution >= 4 is 37.5 Å². The van der Waals surface area contributed by atoms with Gasteiger partial charge in [-0.1, -0.05) is 56.1 Å². The van der Waals surface area contributed by atoms with Gasteiger partial charge in [-0.25, -0.2) is 4.39 Å². The standard InChI is InChI=1S/C16H16Br2FN/c1-11(14-5-3-4-6-16(14)19)20(2)13-8-7-12(10-17)15(18)9-13/h3-9,11H,10H2,1-2H3. The first kappa shape index (κ1) is 15.5. The highest BCUT2D eigenvalue weighted by molar-refractivity contribution is 9.10. The quantitative estimate of drug-likeness (QED) is 0.596. The minimum Gasteiger partial charge on any atom is -0.368 e. The number of rotatable bonds is 4. The molecule has 0 spiro atoms. The minimum absolute atomic E-state index is 0.0297. The van der Waals surface area contributed by atoms with E-state index in [0.29, 0.717) is 5.56 Å². The molecule has 4 heteroatoms. The molecule has 0 saturated heterocycles. The van der Waals surface area contributed by atoms with Crippen LogP contribution in [0.15, 0.2) is 46.9 Å². The highest BCUT2D eigenvalue weighted by Gasteiger charge is 2.16. The summed E-state index contributed by atoms with van der Waals surface area (Å²) in [5.41, 5.74) is 2.95. The minimum atomic E-state index is -0.164. The van der Waals surface area contributed by atoms with E-state index in [1.807, 2.05) is 26.1 Å². The van der Waals surface area contributed by atoms with Crippen LogP contribution in [-0.2, 0) is 5.33 Å². The van der Waals surface area contributed by atoms with Gasteiger partial charge in [-0.15, -0.1) is 0 Å². The van der Waals surface area contributed by atoms with Crippen LogP contribution in [0.5, 0.6) is 0 Å². The van der Waals surface area contributed by atoms with Crippen molar-refractivity contribution in [3.8, 4) is 0 Å². The Bertz CT molecular complexity index is 601. The van der Waals surface area contributed by atoms with Gasteiger partial charge in [-0.2, -0.15) is 0 Å². The third-order valence-electron chi connectivity index (χ3n) is 3.52. The first-order valence-corrected chi connectivity index (χ1v) is 8.27. The smallest absolute Gasteiger partial charge is 0.128 e. The van der Waals surface area contributed by atoms with E-state index in [2.05, 4.69) is 55.0 Å². The van der Waals surface area contributed by atoms with Crippen LogP contribution in [0.3, 0.4) is 0 Å². The lowest BCUT2D eigenvalue weighted by Gasteiger charge is -2.28. The average molecular weight is 401 g/mol. The average Bonchev–Trinajstić information content (AvgIpc) is 2.46. The lowest BCUT2D eigenvalue weighted by atomic mass is 10.1. The Hall–Kier alpha value is -0.870. The van der Waals surface area contributed by atoms with E-state index in [4.69, 9.17) is 0 Å². The van der Waals surface area contributed by atoms with Crippen molar-refractivity contribution in [2.24, 2.45) is 0 Å². The molecule has 2 rings (SSSR count). The number of benzene rings is 2. The summed E-state index contributed by atoms with van der Waals surface area (Å²) >= 11 is 7.02. The van der Waals surface area contributed by atoms with Crippen molar-refractivity contribution in [3.63, 3.8) is 0 Å². The van der Waals surface area contributed by atoms with E-state index < -0.39 is 0 Å². The van der Waals surface area contributed by atoms with Crippen LogP contribution in [-0.4, -0.2) is 7.05 Å². The second kappa shape index (κ2) is 6.72. The summed E-state index contributed by atoms with van der Waals surface area (Å²) in [4.78, 5) is 2.07. The Kier molecular flexibility index (Phi) is 5.22. The number of halogens is 3. The van der Waals surface area contributed by atoms with Gasteiger partial charge in [0.25, 0.3) is 0 Å². The summed E-state index contributed by atoms with van der Waals surface area (Å²) in [6.45, 7) is 2.00. The molecule has 0 fully saturated rings. The lowest BCUT2D eigenvalue weighted by molar-refractivity contribution is 0.585. The Morgan fingerprint density at radius 2 is 1.90 bits per heavy atom. The number of hydrogen-bond donors (Lipinski definition) is 0. The molecule has 0 heterocycles. The maximum absolute atomic E-state index is 13.9. The van der Waals surface area contributed by atoms with Crippen LogP contribution in [0.4, 0.5) is 10.1 Å². The van der Waals surface area contributed by atoms with Crippen molar-refractivity contribution in [1.82, 2.24) is 0 Å². The Morgan fingerprint density at radius 1 is 1.20 bits per heavy atom. The zero-order valence-corrected chi connectivity index (χ0v) is 14.6. The molecule has 0 saturated carbocycles. The van der Waals surface area contributed by atoms with Gasteiger partial charge in [0.1, 0.15) is 5.82 Å². The fourth-order valence-electron chi connectivity index (χ4n) is 2.11. The SMILES string of the molecule is CC(c1ccccc1F)N(C)c1ccc(CBr)c(Br)c1. The summed E-state index contributed by atoms with van der Waals surface area (Å²) in [7, 11) is 1.98. The number of nitrogens with zero attached hydrogens (tertiary/aromatic N) is 1. The fourth-order valence-corrected chi connectivity index (χ4v) is 3.48. The zero-order chi connectivity index (χ0) is 14.7. The van der Waals surface area contributed by atoms with Crippen LogP contribution in [0.25, 0.3) is 0 Å². The van der Waals surface area contributed by atoms with Gasteiger partial charge in [-0.3, -0.25) is 0 Å². The molecular formula is C16H16Br2FN. The number of anilines is 1. The van der Waals surface area contributed by atoms with Crippen molar-refractivity contribution in [2.75, 3.05) is 11.9 Å². The molecule has 1 nitrogen and oxygen atoms in total. The van der Waals surface area contributed by atoms with Gasteiger partial charge in [0, 0.05) is 28.1 Å². The van der Waals surface area contributed by atoms with E-state index in [1.54, 1.807) is 6.07 Å². The maximum Gasteiger partial charge on any atom is 0.128 e. The van der Waals surface area contributed by atoms with E-state index >= 15 is 0 Å². The Labute approximate surface area is 136 Å². The summed E-state index contributed by atoms with van der Waals surface area (Å²) in [6, 6.07) is 13.1. The molecule has 2 aromatic rings. The van der Waals surface area contributed by atoms with Gasteiger partial charge in [-0.05, 0) is 30.7 Å². The third-order valence-corrected chi connectivity index (χ3v) is 4.87. The molecule has 106 valence electrons. The van der Waals surface area contributed by atoms with Crippen LogP contribution in [0, 0.1) is 5.82 Å². The van der Waals surface area contributed by atoms with Crippen LogP contribution >= 0.6 is 31.9 Å². The predicted octanol–water partition coefficient (Wildman–Crippen LogP) is 5.68. The molecule has 0 bridgehead atoms. The van der Waals surface area contributed by atoms with Crippen LogP contribution in [0.2, 0.25) is 0 Å². The van der Waals surface area contributed by atoms with Gasteiger partial charge in [0.15, 0.2) is 0 Å². The molecule has 2 aromatic carbocycles. The molecule has 20 heavy (non-hydrogen) atoms. The fraction of sp³-hybridized carbons (Fsp3) is 0.250. The predicted molar refractivity (Wildman–Crippen MR) is 90.0 cm³/mol. The second-order valence-corrected chi connectivity index (χ2v) is 6.13. The Morgan fingerprint density at radius 3 is 2.50 bits per heavy atom. The highest BCUT2D eigenvalue weighted by atomic mass is 79.9. The maximum atomic E-state index is 13.9. The monoisotopic (exact) mass is 399 g/mol. The summed E-state index contributed by atoms with van der Waals surface area (Å²) in [5, 5.41) is 0.806. The van der Waals surface area contributed by atoms with E-state index in [-0.39, 0.29) is 11.9 Å². The normalized spacial score (nSPS) is 12.2. The molecule has 0 radical (unpaired) electrons. The molecule has 0 aliphatic rings. The molecular weight excluding hydrogens is 385 g/mol. The summed E-state index contributed by atoms with van der Waals surface area (Å²) in [5.74, 6) is -0.164. The van der Waals surface area contributed by atoms with Crippen molar-refractivity contribution in [3.05, 3.63) is 63.9 Å². The third kappa shape index (κ3) is 3.23. The van der Waals surface area contributed by atoms with Crippen molar-refractivity contribution < 1.29 is 4.39 Å². The molecule has 0 N–H and O–H groups in total. The molecule has 0 amide bonds. The summed E-state index contributed by atoms with van der Waals surface area (Å²) < 4.78 is 14.9. The topological polar surface area (TPSA) is 3.24 Å². The number of alkyl halides is 1. The van der Waals surface area contributed by atoms with Crippen molar-refractivity contribution in [1.29, 1.82) is 0 Å². The molecule has 0 aliphatic heterocycles. The zero-order valence-electron chi connectivity index (χ0n) is 11.4. The molecule has 0 aromatic heterocycles. The molecule has 0 aliphatic carbocycles. The summed E-state index contributed by atoms with van der Waals surface area (Å²) in [6.07, 6.45) is 0. The second-order valence-electron chi connectivity index (χ2n) is 4.72. The van der Waals surface area contributed by atoms with Gasteiger partial charge in [0.05, 0.1) is 6.04 Å². The largest absolute Gasteiger partial charge is 0.368 e. The van der Waals surface area contributed by atoms with Gasteiger partial charge < -0.3 is 4.90 Å². The van der Waals surface area contributed by atoms with Crippen LogP contribution in [0.1, 0.15) is 24.1 Å². The molecule has 1 atom stereocenters. The van der Waals surface area contributed by atoms with Crippen LogP contribution < -0.4 is 4.90 Å². The lowest BCUT2D eigenvalue weighted by Crippen LogP contribution is -2.22. The number of hydrogen-bond acceptors (Lipinski definition) is 1. The van der Waals surface area contributed by atoms with Gasteiger partial charge >= 0.3 is 0 Å². The van der Waals surface area contributed by atoms with E-state index in [9.17, 15) is 4.39 Å². The first-order valence-electron chi connectivity index (χ1n) is 6.36. The first-order chi connectivity index (χ1) is 9.54. The van der Waals surface area contributed by atoms with Gasteiger partial charge in [0.2, 0.25) is 0 Å².